The number of aliphatic imine (C=N–C) groups is 1. The van der Waals surface area contributed by atoms with Gasteiger partial charge in [-0.3, -0.25) is 18.6 Å². The molecule has 0 aliphatic carbocycles. The molecule has 0 aliphatic rings. The molecule has 204 valence electrons. The standard InChI is InChI=1S/C25H25BClF2N5O4S/c1-5-9-30-23(17-7-6-8-20(22(17)29)39(4)38)18(28)14-33-15(2)10-19(21(27)24(33)35)32(3)12-16-11-31-34(13-16)25(26,36)37/h5-11,13-14,36-37H,12H2,1-4H3/b9-5+,18-14-,30-23+. The van der Waals surface area contributed by atoms with Crippen LogP contribution in [0.25, 0.3) is 6.20 Å². The van der Waals surface area contributed by atoms with Crippen LogP contribution in [0.15, 0.2) is 69.4 Å². The lowest BCUT2D eigenvalue weighted by atomic mass is 10.1. The predicted molar refractivity (Wildman–Crippen MR) is 148 cm³/mol. The molecule has 2 N–H and O–H groups in total. The van der Waals surface area contributed by atoms with Crippen molar-refractivity contribution in [3.05, 3.63) is 92.8 Å². The van der Waals surface area contributed by atoms with Crippen LogP contribution in [0, 0.1) is 12.7 Å². The van der Waals surface area contributed by atoms with Crippen molar-refractivity contribution >= 4 is 47.8 Å². The van der Waals surface area contributed by atoms with E-state index in [-0.39, 0.29) is 22.0 Å². The van der Waals surface area contributed by atoms with Gasteiger partial charge >= 0.3 is 0 Å². The summed E-state index contributed by atoms with van der Waals surface area (Å²) in [5.41, 5.74) is -0.224. The summed E-state index contributed by atoms with van der Waals surface area (Å²) >= 11 is 6.37. The van der Waals surface area contributed by atoms with Crippen molar-refractivity contribution < 1.29 is 23.2 Å². The molecule has 2 aromatic heterocycles. The van der Waals surface area contributed by atoms with Gasteiger partial charge in [-0.15, -0.1) is 0 Å². The van der Waals surface area contributed by atoms with Crippen LogP contribution in [0.4, 0.5) is 14.5 Å². The van der Waals surface area contributed by atoms with Gasteiger partial charge in [0.1, 0.15) is 16.6 Å². The quantitative estimate of drug-likeness (QED) is 0.230. The molecule has 3 aromatic rings. The van der Waals surface area contributed by atoms with E-state index in [1.165, 1.54) is 49.1 Å². The van der Waals surface area contributed by atoms with E-state index in [1.54, 1.807) is 31.9 Å². The first-order chi connectivity index (χ1) is 18.3. The van der Waals surface area contributed by atoms with Gasteiger partial charge in [0.05, 0.1) is 33.8 Å². The van der Waals surface area contributed by atoms with E-state index in [1.807, 2.05) is 0 Å². The Balaban J connectivity index is 2.03. The van der Waals surface area contributed by atoms with Gasteiger partial charge in [0.25, 0.3) is 5.56 Å². The number of anilines is 1. The molecular weight excluding hydrogens is 551 g/mol. The lowest BCUT2D eigenvalue weighted by molar-refractivity contribution is -0.160. The Morgan fingerprint density at radius 3 is 2.67 bits per heavy atom. The Kier molecular flexibility index (Phi) is 9.44. The zero-order valence-electron chi connectivity index (χ0n) is 21.5. The molecule has 0 spiro atoms. The van der Waals surface area contributed by atoms with E-state index >= 15 is 8.78 Å². The summed E-state index contributed by atoms with van der Waals surface area (Å²) in [6.07, 6.45) is 7.62. The van der Waals surface area contributed by atoms with E-state index in [2.05, 4.69) is 10.1 Å². The Morgan fingerprint density at radius 1 is 1.38 bits per heavy atom. The first-order valence-corrected chi connectivity index (χ1v) is 13.3. The zero-order chi connectivity index (χ0) is 29.1. The average molecular weight is 576 g/mol. The van der Waals surface area contributed by atoms with Gasteiger partial charge in [0.15, 0.2) is 13.7 Å². The normalized spacial score (nSPS) is 13.8. The molecular formula is C25H25BClF2N5O4S. The van der Waals surface area contributed by atoms with Crippen LogP contribution >= 0.6 is 11.6 Å². The number of benzene rings is 1. The highest BCUT2D eigenvalue weighted by Gasteiger charge is 2.22. The summed E-state index contributed by atoms with van der Waals surface area (Å²) in [5.74, 6) is -4.59. The van der Waals surface area contributed by atoms with Crippen LogP contribution in [-0.2, 0) is 23.2 Å². The second kappa shape index (κ2) is 12.2. The number of hydrogen-bond acceptors (Lipinski definition) is 7. The zero-order valence-corrected chi connectivity index (χ0v) is 23.0. The summed E-state index contributed by atoms with van der Waals surface area (Å²) in [5, 5.41) is 22.5. The van der Waals surface area contributed by atoms with Crippen LogP contribution in [0.2, 0.25) is 5.02 Å². The summed E-state index contributed by atoms with van der Waals surface area (Å²) in [6, 6.07) is 5.61. The highest BCUT2D eigenvalue weighted by atomic mass is 35.5. The minimum absolute atomic E-state index is 0.113. The Bertz CT molecular complexity index is 1560. The molecule has 0 fully saturated rings. The largest absolute Gasteiger partial charge is 0.369 e. The number of nitrogens with zero attached hydrogens (tertiary/aromatic N) is 5. The maximum Gasteiger partial charge on any atom is 0.275 e. The summed E-state index contributed by atoms with van der Waals surface area (Å²) in [7, 11) is 5.17. The molecule has 0 amide bonds. The number of aliphatic hydroxyl groups is 2. The van der Waals surface area contributed by atoms with E-state index in [0.29, 0.717) is 16.9 Å². The number of rotatable bonds is 9. The SMILES string of the molecule is [B]C(O)(O)n1cc(CN(C)c2cc(C)n(/C=C(F)/C(=N/C=C/C)c3cccc(S(C)=O)c3F)c(=O)c2Cl)cn1. The van der Waals surface area contributed by atoms with Crippen molar-refractivity contribution in [2.75, 3.05) is 18.2 Å². The fourth-order valence-electron chi connectivity index (χ4n) is 3.62. The number of pyridine rings is 1. The fraction of sp³-hybridized carbons (Fsp3) is 0.240. The van der Waals surface area contributed by atoms with Crippen LogP contribution in [-0.4, -0.2) is 55.6 Å². The molecule has 1 atom stereocenters. The summed E-state index contributed by atoms with van der Waals surface area (Å²) in [6.45, 7) is 3.37. The lowest BCUT2D eigenvalue weighted by Crippen LogP contribution is -2.33. The monoisotopic (exact) mass is 575 g/mol. The highest BCUT2D eigenvalue weighted by Crippen LogP contribution is 2.26. The summed E-state index contributed by atoms with van der Waals surface area (Å²) in [4.78, 5) is 18.7. The van der Waals surface area contributed by atoms with Gasteiger partial charge in [0, 0.05) is 49.1 Å². The highest BCUT2D eigenvalue weighted by molar-refractivity contribution is 7.84. The van der Waals surface area contributed by atoms with E-state index in [0.717, 1.165) is 15.4 Å². The van der Waals surface area contributed by atoms with Crippen LogP contribution in [0.5, 0.6) is 0 Å². The van der Waals surface area contributed by atoms with E-state index in [9.17, 15) is 19.2 Å². The molecule has 3 rings (SSSR count). The molecule has 1 aromatic carbocycles. The number of allylic oxidation sites excluding steroid dienone is 2. The Labute approximate surface area is 232 Å². The number of aromatic nitrogens is 3. The third-order valence-electron chi connectivity index (χ3n) is 5.51. The van der Waals surface area contributed by atoms with Crippen LogP contribution in [0.1, 0.15) is 23.7 Å². The molecule has 0 saturated heterocycles. The number of halogens is 3. The van der Waals surface area contributed by atoms with Crippen molar-refractivity contribution in [3.8, 4) is 0 Å². The first kappa shape index (κ1) is 30.2. The van der Waals surface area contributed by atoms with Crippen molar-refractivity contribution in [1.82, 2.24) is 14.3 Å². The maximum absolute atomic E-state index is 15.6. The summed E-state index contributed by atoms with van der Waals surface area (Å²) < 4.78 is 44.3. The second-order valence-corrected chi connectivity index (χ2v) is 10.2. The molecule has 0 bridgehead atoms. The number of hydrogen-bond donors (Lipinski definition) is 2. The minimum atomic E-state index is -2.67. The van der Waals surface area contributed by atoms with Gasteiger partial charge in [-0.1, -0.05) is 23.7 Å². The average Bonchev–Trinajstić information content (AvgIpc) is 3.34. The third-order valence-corrected chi connectivity index (χ3v) is 6.80. The van der Waals surface area contributed by atoms with E-state index in [4.69, 9.17) is 19.4 Å². The molecule has 14 heteroatoms. The van der Waals surface area contributed by atoms with Gasteiger partial charge in [-0.05, 0) is 32.0 Å². The van der Waals surface area contributed by atoms with Crippen molar-refractivity contribution in [1.29, 1.82) is 0 Å². The molecule has 0 aliphatic heterocycles. The van der Waals surface area contributed by atoms with E-state index < -0.39 is 39.5 Å². The molecule has 2 radical (unpaired) electrons. The molecule has 1 unspecified atom stereocenters. The van der Waals surface area contributed by atoms with Crippen molar-refractivity contribution in [2.24, 2.45) is 4.99 Å². The van der Waals surface area contributed by atoms with Crippen molar-refractivity contribution in [3.63, 3.8) is 0 Å². The first-order valence-electron chi connectivity index (χ1n) is 11.4. The maximum atomic E-state index is 15.6. The van der Waals surface area contributed by atoms with Gasteiger partial charge in [0.2, 0.25) is 5.81 Å². The molecule has 9 nitrogen and oxygen atoms in total. The second-order valence-electron chi connectivity index (χ2n) is 8.51. The van der Waals surface area contributed by atoms with Crippen LogP contribution < -0.4 is 10.5 Å². The van der Waals surface area contributed by atoms with Crippen molar-refractivity contribution in [2.45, 2.75) is 31.1 Å². The lowest BCUT2D eigenvalue weighted by Gasteiger charge is -2.21. The smallest absolute Gasteiger partial charge is 0.275 e. The molecule has 2 heterocycles. The van der Waals surface area contributed by atoms with Gasteiger partial charge in [-0.2, -0.15) is 5.10 Å². The van der Waals surface area contributed by atoms with Crippen LogP contribution in [0.3, 0.4) is 0 Å². The predicted octanol–water partition coefficient (Wildman–Crippen LogP) is 3.03. The Hall–Kier alpha value is -3.39. The van der Waals surface area contributed by atoms with Gasteiger partial charge in [-0.25, -0.2) is 13.5 Å². The Morgan fingerprint density at radius 2 is 2.08 bits per heavy atom. The molecule has 0 saturated carbocycles. The van der Waals surface area contributed by atoms with Gasteiger partial charge < -0.3 is 15.1 Å². The third kappa shape index (κ3) is 6.79. The fourth-order valence-corrected chi connectivity index (χ4v) is 4.55. The number of aryl methyl sites for hydroxylation is 1. The minimum Gasteiger partial charge on any atom is -0.369 e. The molecule has 39 heavy (non-hydrogen) atoms. The topological polar surface area (TPSA) is 113 Å².